The second-order valence-corrected chi connectivity index (χ2v) is 35.3. The van der Waals surface area contributed by atoms with Crippen LogP contribution in [0.15, 0.2) is 193 Å². The molecule has 0 atom stereocenters. The van der Waals surface area contributed by atoms with Crippen molar-refractivity contribution in [3.8, 4) is 45.9 Å². The number of rotatable bonds is 10. The van der Waals surface area contributed by atoms with Gasteiger partial charge in [0.15, 0.2) is 0 Å². The Morgan fingerprint density at radius 3 is 1.49 bits per heavy atom. The zero-order chi connectivity index (χ0) is 78.0. The van der Waals surface area contributed by atoms with Crippen molar-refractivity contribution in [1.29, 1.82) is 0 Å². The molecule has 4 aromatic heterocycles. The molecule has 0 saturated carbocycles. The number of hydrogen-bond donors (Lipinski definition) is 1. The first kappa shape index (κ1) is 77.7. The van der Waals surface area contributed by atoms with Crippen molar-refractivity contribution in [2.45, 2.75) is 125 Å². The predicted molar refractivity (Wildman–Crippen MR) is 464 cm³/mol. The number of thiazole rings is 1. The first-order valence-corrected chi connectivity index (χ1v) is 39.6. The largest absolute Gasteiger partial charge is 2.00 e. The molecule has 15 rings (SSSR count). The van der Waals surface area contributed by atoms with Gasteiger partial charge in [-0.1, -0.05) is 276 Å². The van der Waals surface area contributed by atoms with Gasteiger partial charge in [0.25, 0.3) is 11.5 Å². The van der Waals surface area contributed by atoms with Crippen molar-refractivity contribution >= 4 is 132 Å². The number of aromatic nitrogens is 5. The van der Waals surface area contributed by atoms with Gasteiger partial charge in [-0.2, -0.15) is 0 Å². The first-order valence-electron chi connectivity index (χ1n) is 37.6. The Kier molecular flexibility index (Phi) is 21.4. The fourth-order valence-corrected chi connectivity index (χ4v) is 16.9. The molecule has 1 fully saturated rings. The number of hydrogen-bond acceptors (Lipinski definition) is 9. The van der Waals surface area contributed by atoms with Crippen LogP contribution < -0.4 is 29.6 Å². The monoisotopic (exact) mass is 1570 g/mol. The van der Waals surface area contributed by atoms with Crippen LogP contribution in [0.3, 0.4) is 0 Å². The van der Waals surface area contributed by atoms with Gasteiger partial charge in [-0.25, -0.2) is 9.97 Å². The van der Waals surface area contributed by atoms with E-state index in [1.807, 2.05) is 43.3 Å². The molecule has 552 valence electrons. The molecule has 112 heavy (non-hydrogen) atoms. The number of thiocarbonyl (C=S) groups is 1. The third-order valence-corrected chi connectivity index (χ3v) is 23.3. The van der Waals surface area contributed by atoms with Gasteiger partial charge in [0.2, 0.25) is 0 Å². The minimum absolute atomic E-state index is 0. The van der Waals surface area contributed by atoms with E-state index < -0.39 is 18.1 Å². The maximum Gasteiger partial charge on any atom is 2.00 e. The van der Waals surface area contributed by atoms with Gasteiger partial charge in [0.1, 0.15) is 20.4 Å². The fourth-order valence-electron chi connectivity index (χ4n) is 14.3. The second kappa shape index (κ2) is 30.9. The summed E-state index contributed by atoms with van der Waals surface area (Å²) >= 11 is 7.64. The Morgan fingerprint density at radius 1 is 0.554 bits per heavy atom. The molecule has 0 radical (unpaired) electrons. The second-order valence-electron chi connectivity index (χ2n) is 32.7. The quantitative estimate of drug-likeness (QED) is 0.0606. The zero-order valence-electron chi connectivity index (χ0n) is 65.4. The summed E-state index contributed by atoms with van der Waals surface area (Å²) in [6, 6.07) is 66.2. The average Bonchev–Trinajstić information content (AvgIpc) is 1.65. The number of fused-ring (bicyclic) bond motifs is 9. The van der Waals surface area contributed by atoms with Crippen molar-refractivity contribution < 1.29 is 34.2 Å². The van der Waals surface area contributed by atoms with Crippen LogP contribution in [-0.4, -0.2) is 53.8 Å². The summed E-state index contributed by atoms with van der Waals surface area (Å²) in [5.41, 5.74) is 24.2. The van der Waals surface area contributed by atoms with E-state index in [2.05, 4.69) is 294 Å². The Balaban J connectivity index is 0.0000104. The summed E-state index contributed by atoms with van der Waals surface area (Å²) in [7, 11) is 0. The molecule has 0 aliphatic carbocycles. The molecule has 11 nitrogen and oxygen atoms in total. The molecule has 1 amide bonds. The van der Waals surface area contributed by atoms with Crippen molar-refractivity contribution in [3.63, 3.8) is 0 Å². The molecule has 15 heteroatoms. The third kappa shape index (κ3) is 16.1. The van der Waals surface area contributed by atoms with Gasteiger partial charge in [0.05, 0.1) is 27.3 Å². The zero-order valence-corrected chi connectivity index (χ0v) is 70.8. The Labute approximate surface area is 681 Å². The number of carboxylic acid groups (broad SMARTS) is 1. The van der Waals surface area contributed by atoms with Crippen LogP contribution in [-0.2, 0) is 63.7 Å². The molecule has 8 bridgehead atoms. The van der Waals surface area contributed by atoms with Crippen molar-refractivity contribution in [2.24, 2.45) is 0 Å². The number of carbonyl (C=O) groups is 2. The molecule has 4 aliphatic rings. The summed E-state index contributed by atoms with van der Waals surface area (Å²) in [5.74, 6) is 12.9. The minimum Gasteiger partial charge on any atom is -0.656 e. The van der Waals surface area contributed by atoms with Gasteiger partial charge < -0.3 is 20.0 Å². The summed E-state index contributed by atoms with van der Waals surface area (Å²) < 4.78 is 2.02. The van der Waals surface area contributed by atoms with Gasteiger partial charge in [-0.15, -0.1) is 33.4 Å². The number of carbonyl (C=O) groups excluding carboxylic acids is 1. The number of carboxylic acids is 1. The first-order chi connectivity index (χ1) is 53.0. The van der Waals surface area contributed by atoms with Crippen LogP contribution in [0.5, 0.6) is 0 Å². The number of benzene rings is 7. The molecular weight excluding hydrogens is 1490 g/mol. The van der Waals surface area contributed by atoms with E-state index in [9.17, 15) is 19.5 Å². The molecule has 7 aromatic carbocycles. The third-order valence-electron chi connectivity index (χ3n) is 20.6. The van der Waals surface area contributed by atoms with Gasteiger partial charge in [-0.05, 0) is 192 Å². The molecule has 1 N–H and O–H groups in total. The van der Waals surface area contributed by atoms with E-state index in [1.165, 1.54) is 55.1 Å². The normalized spacial score (nSPS) is 14.1. The molecule has 4 aliphatic heterocycles. The smallest absolute Gasteiger partial charge is 0.656 e. The van der Waals surface area contributed by atoms with Crippen LogP contribution in [0.4, 0.5) is 11.4 Å². The van der Waals surface area contributed by atoms with E-state index in [4.69, 9.17) is 32.2 Å². The number of amides is 1. The Morgan fingerprint density at radius 2 is 1.02 bits per heavy atom. The van der Waals surface area contributed by atoms with E-state index in [0.29, 0.717) is 66.8 Å². The fraction of sp³-hybridized carbons (Fsp3) is 0.216. The van der Waals surface area contributed by atoms with Crippen LogP contribution in [0.25, 0.3) is 91.3 Å². The van der Waals surface area contributed by atoms with Gasteiger partial charge in [0, 0.05) is 46.7 Å². The summed E-state index contributed by atoms with van der Waals surface area (Å²) in [6.07, 6.45) is 13.1. The van der Waals surface area contributed by atoms with Gasteiger partial charge in [-0.3, -0.25) is 23.9 Å². The van der Waals surface area contributed by atoms with Crippen molar-refractivity contribution in [3.05, 3.63) is 303 Å². The number of thioether (sulfide) groups is 1. The van der Waals surface area contributed by atoms with E-state index in [0.717, 1.165) is 90.9 Å². The van der Waals surface area contributed by atoms with Crippen LogP contribution >= 0.6 is 35.3 Å². The molecule has 8 heterocycles. The molecule has 1 saturated heterocycles. The van der Waals surface area contributed by atoms with E-state index in [1.54, 1.807) is 6.08 Å². The minimum atomic E-state index is -1.21. The average molecular weight is 1570 g/mol. The van der Waals surface area contributed by atoms with Gasteiger partial charge >= 0.3 is 25.4 Å². The van der Waals surface area contributed by atoms with Crippen LogP contribution in [0, 0.1) is 23.7 Å². The molecule has 0 unspecified atom stereocenters. The summed E-state index contributed by atoms with van der Waals surface area (Å²) in [4.78, 5) is 66.3. The van der Waals surface area contributed by atoms with E-state index in [-0.39, 0.29) is 61.1 Å². The maximum atomic E-state index is 14.0. The van der Waals surface area contributed by atoms with Crippen LogP contribution in [0.1, 0.15) is 185 Å². The maximum absolute atomic E-state index is 14.0. The standard InChI is InChI=1S/C97H87N7O4S3.Zn/c1-14-102-91(108)89(111-93(102)109)92-104(58-86(105)106)90(107)85(110-92)51-62-27-25-59(26-28-62)31-36-73-76-38-42-80(98-76)87(66-52-68(94(2,3)4)56-69(53-66)95(5,6)7)82-44-40-78(100-82)74(79-41-45-83(101-79)88(81-43-39-77(73)99-81)67-54-70(96(8,9)10)57-71(55-67)97(11,12)13)37-32-60-33-46-84-65(49-60)47-48-103(84)72-34-29-61(30-35-72)50-75(63-21-17-15-18-22-63)64-23-19-16-20-24-64;/h15-30,33-35,38-46,49-57H,14,47-48,58H2,1-13H3,(H3,98,99,100,101,105,106,107);/q;+2/p-2/b76-73?,77-73?,78-74?,79-74?,87-80?,87-82?,88-81?,88-83?,92-89+;. The topological polar surface area (TPSA) is 137 Å². The molecule has 11 aromatic rings. The predicted octanol–water partition coefficient (Wildman–Crippen LogP) is 19.6. The van der Waals surface area contributed by atoms with E-state index >= 15 is 0 Å². The van der Waals surface area contributed by atoms with Crippen molar-refractivity contribution in [1.82, 2.24) is 29.4 Å². The van der Waals surface area contributed by atoms with Crippen LogP contribution in [0.2, 0.25) is 0 Å². The number of nitrogens with zero attached hydrogens (tertiary/aromatic N) is 7. The number of aliphatic carboxylic acids is 1. The Bertz CT molecular complexity index is 6100. The van der Waals surface area contributed by atoms with Crippen molar-refractivity contribution in [2.75, 3.05) is 18.0 Å². The summed E-state index contributed by atoms with van der Waals surface area (Å²) in [5, 5.41) is 9.91. The molecule has 0 spiro atoms. The summed E-state index contributed by atoms with van der Waals surface area (Å²) in [6.45, 7) is 29.4. The Hall–Kier alpha value is -11.0. The molecular formula is C97H85N7O4S3Zn. The number of anilines is 2. The SMILES string of the molecule is CCN1C(=O)/C(=c2\sc(=Cc3ccc(C#Cc4c5nc(c(-c6cc(C(C)(C)C)cc(C(C)(C)C)c6)c6ccc([n-]6)c(C#Cc6ccc7c(c6)CCN7c6ccc(C=C(c7ccccc7)c7ccccc7)cc6)c6nc(c(-c7cc(C(C)(C)C)cc(C(C)(C)C)c7)c7ccc4[n-]7)C=C6)C=C5)cc3)c(=O)n2CC(=O)O)SC1=S.[Zn+2].